The number of nitrogens with zero attached hydrogens (tertiary/aromatic N) is 3. The van der Waals surface area contributed by atoms with Crippen molar-refractivity contribution in [3.63, 3.8) is 0 Å². The lowest BCUT2D eigenvalue weighted by Crippen LogP contribution is -2.35. The maximum absolute atomic E-state index is 12.5. The number of carbonyl (C=O) groups excluding carboxylic acids is 1. The van der Waals surface area contributed by atoms with E-state index < -0.39 is 0 Å². The lowest BCUT2D eigenvalue weighted by Gasteiger charge is -2.14. The molecule has 0 radical (unpaired) electrons. The van der Waals surface area contributed by atoms with E-state index >= 15 is 0 Å². The molecule has 0 aliphatic carbocycles. The molecule has 0 saturated carbocycles. The van der Waals surface area contributed by atoms with E-state index in [0.29, 0.717) is 28.2 Å². The van der Waals surface area contributed by atoms with Gasteiger partial charge < -0.3 is 14.8 Å². The molecule has 0 bridgehead atoms. The third-order valence-corrected chi connectivity index (χ3v) is 4.66. The van der Waals surface area contributed by atoms with Crippen molar-refractivity contribution in [2.75, 3.05) is 14.2 Å². The summed E-state index contributed by atoms with van der Waals surface area (Å²) in [5.41, 5.74) is 1.57. The summed E-state index contributed by atoms with van der Waals surface area (Å²) in [6, 6.07) is 5.10. The summed E-state index contributed by atoms with van der Waals surface area (Å²) >= 11 is 0. The first-order valence-corrected chi connectivity index (χ1v) is 8.83. The Bertz CT molecular complexity index is 1070. The Kier molecular flexibility index (Phi) is 5.07. The number of nitrogens with one attached hydrogen (secondary N) is 1. The van der Waals surface area contributed by atoms with Gasteiger partial charge in [-0.25, -0.2) is 4.52 Å². The van der Waals surface area contributed by atoms with E-state index in [9.17, 15) is 9.59 Å². The van der Waals surface area contributed by atoms with Crippen LogP contribution in [0.4, 0.5) is 0 Å². The predicted octanol–water partition coefficient (Wildman–Crippen LogP) is 1.89. The Morgan fingerprint density at radius 2 is 1.89 bits per heavy atom. The fourth-order valence-corrected chi connectivity index (χ4v) is 3.15. The number of amides is 1. The van der Waals surface area contributed by atoms with Crippen molar-refractivity contribution in [2.45, 2.75) is 39.8 Å². The topological polar surface area (TPSA) is 86.9 Å². The maximum atomic E-state index is 12.5. The van der Waals surface area contributed by atoms with E-state index in [0.717, 1.165) is 11.9 Å². The number of ether oxygens (including phenoxy) is 2. The van der Waals surface area contributed by atoms with Crippen LogP contribution in [0.15, 0.2) is 23.0 Å². The molecule has 1 amide bonds. The summed E-state index contributed by atoms with van der Waals surface area (Å²) in [7, 11) is 3.10. The molecule has 3 rings (SSSR count). The third-order valence-electron chi connectivity index (χ3n) is 4.66. The smallest absolute Gasteiger partial charge is 0.273 e. The monoisotopic (exact) mass is 372 g/mol. The minimum Gasteiger partial charge on any atom is -0.493 e. The molecule has 8 nitrogen and oxygen atoms in total. The molecule has 0 saturated heterocycles. The average molecular weight is 372 g/mol. The number of rotatable bonds is 6. The molecule has 0 aliphatic heterocycles. The van der Waals surface area contributed by atoms with E-state index in [-0.39, 0.29) is 24.1 Å². The van der Waals surface area contributed by atoms with Crippen LogP contribution in [-0.4, -0.2) is 40.3 Å². The summed E-state index contributed by atoms with van der Waals surface area (Å²) in [5, 5.41) is 3.68. The third kappa shape index (κ3) is 3.34. The van der Waals surface area contributed by atoms with Gasteiger partial charge in [0.05, 0.1) is 19.7 Å². The van der Waals surface area contributed by atoms with Gasteiger partial charge in [-0.2, -0.15) is 4.98 Å². The largest absolute Gasteiger partial charge is 0.493 e. The van der Waals surface area contributed by atoms with Gasteiger partial charge in [0.1, 0.15) is 6.54 Å². The van der Waals surface area contributed by atoms with Gasteiger partial charge in [-0.3, -0.25) is 14.3 Å². The van der Waals surface area contributed by atoms with Gasteiger partial charge in [-0.05, 0) is 26.3 Å². The number of benzene rings is 1. The van der Waals surface area contributed by atoms with Gasteiger partial charge in [0.2, 0.25) is 5.91 Å². The fraction of sp³-hybridized carbons (Fsp3) is 0.421. The molecular formula is C19H24N4O4. The van der Waals surface area contributed by atoms with Crippen molar-refractivity contribution in [3.05, 3.63) is 34.2 Å². The lowest BCUT2D eigenvalue weighted by molar-refractivity contribution is -0.122. The van der Waals surface area contributed by atoms with Crippen LogP contribution in [0.2, 0.25) is 0 Å². The van der Waals surface area contributed by atoms with E-state index in [1.807, 2.05) is 20.8 Å². The molecule has 2 heterocycles. The molecule has 0 spiro atoms. The molecule has 1 atom stereocenters. The molecule has 0 aliphatic rings. The molecule has 1 unspecified atom stereocenters. The number of carbonyl (C=O) groups is 1. The Morgan fingerprint density at radius 1 is 1.22 bits per heavy atom. The zero-order valence-corrected chi connectivity index (χ0v) is 16.2. The van der Waals surface area contributed by atoms with Crippen molar-refractivity contribution >= 4 is 22.5 Å². The Morgan fingerprint density at radius 3 is 2.52 bits per heavy atom. The predicted molar refractivity (Wildman–Crippen MR) is 103 cm³/mol. The van der Waals surface area contributed by atoms with Crippen molar-refractivity contribution in [1.29, 1.82) is 0 Å². The second-order valence-electron chi connectivity index (χ2n) is 6.53. The average Bonchev–Trinajstić information content (AvgIpc) is 2.93. The highest BCUT2D eigenvalue weighted by Crippen LogP contribution is 2.34. The zero-order chi connectivity index (χ0) is 19.7. The Hall–Kier alpha value is -3.03. The van der Waals surface area contributed by atoms with Gasteiger partial charge in [0.15, 0.2) is 17.1 Å². The van der Waals surface area contributed by atoms with Crippen LogP contribution in [0.25, 0.3) is 16.6 Å². The summed E-state index contributed by atoms with van der Waals surface area (Å²) in [6.07, 6.45) is 0.844. The summed E-state index contributed by atoms with van der Waals surface area (Å²) < 4.78 is 14.4. The highest BCUT2D eigenvalue weighted by molar-refractivity contribution is 5.96. The number of aromatic nitrogens is 3. The molecule has 0 fully saturated rings. The summed E-state index contributed by atoms with van der Waals surface area (Å²) in [6.45, 7) is 5.88. The van der Waals surface area contributed by atoms with Crippen molar-refractivity contribution in [3.8, 4) is 11.5 Å². The van der Waals surface area contributed by atoms with Crippen LogP contribution < -0.4 is 20.3 Å². The Balaban J connectivity index is 2.28. The van der Waals surface area contributed by atoms with Gasteiger partial charge in [0.25, 0.3) is 5.56 Å². The van der Waals surface area contributed by atoms with E-state index in [1.54, 1.807) is 35.5 Å². The minimum atomic E-state index is -0.328. The van der Waals surface area contributed by atoms with Crippen LogP contribution in [0.3, 0.4) is 0 Å². The Labute approximate surface area is 156 Å². The molecule has 8 heteroatoms. The number of hydrogen-bond donors (Lipinski definition) is 1. The quantitative estimate of drug-likeness (QED) is 0.714. The molecule has 27 heavy (non-hydrogen) atoms. The van der Waals surface area contributed by atoms with E-state index in [1.165, 1.54) is 6.07 Å². The number of methoxy groups -OCH3 is 2. The molecule has 144 valence electrons. The SMILES string of the molecule is CCC(C)NC(=O)Cn1c2cc(OC)c(OC)cc2c2nc(=O)cc(C)n21. The van der Waals surface area contributed by atoms with Crippen molar-refractivity contribution in [1.82, 2.24) is 19.5 Å². The van der Waals surface area contributed by atoms with Gasteiger partial charge >= 0.3 is 0 Å². The van der Waals surface area contributed by atoms with Crippen LogP contribution in [0.1, 0.15) is 26.0 Å². The standard InChI is InChI=1S/C19H24N4O4/c1-6-11(2)20-18(25)10-22-14-9-16(27-5)15(26-4)8-13(14)19-21-17(24)7-12(3)23(19)22/h7-9,11H,6,10H2,1-5H3,(H,20,25). The van der Waals surface area contributed by atoms with Crippen LogP contribution in [0, 0.1) is 6.92 Å². The van der Waals surface area contributed by atoms with Crippen LogP contribution >= 0.6 is 0 Å². The fourth-order valence-electron chi connectivity index (χ4n) is 3.15. The highest BCUT2D eigenvalue weighted by Gasteiger charge is 2.19. The molecular weight excluding hydrogens is 348 g/mol. The molecule has 1 N–H and O–H groups in total. The lowest BCUT2D eigenvalue weighted by atomic mass is 10.2. The van der Waals surface area contributed by atoms with E-state index in [2.05, 4.69) is 10.3 Å². The second-order valence-corrected chi connectivity index (χ2v) is 6.53. The summed E-state index contributed by atoms with van der Waals surface area (Å²) in [5.74, 6) is 0.956. The molecule has 1 aromatic carbocycles. The zero-order valence-electron chi connectivity index (χ0n) is 16.2. The van der Waals surface area contributed by atoms with Crippen LogP contribution in [0.5, 0.6) is 11.5 Å². The first kappa shape index (κ1) is 18.8. The van der Waals surface area contributed by atoms with Crippen molar-refractivity contribution in [2.24, 2.45) is 0 Å². The number of aryl methyl sites for hydroxylation is 1. The van der Waals surface area contributed by atoms with Crippen LogP contribution in [-0.2, 0) is 11.3 Å². The highest BCUT2D eigenvalue weighted by atomic mass is 16.5. The maximum Gasteiger partial charge on any atom is 0.273 e. The molecule has 3 aromatic rings. The first-order chi connectivity index (χ1) is 12.9. The summed E-state index contributed by atoms with van der Waals surface area (Å²) in [4.78, 5) is 28.7. The van der Waals surface area contributed by atoms with Crippen molar-refractivity contribution < 1.29 is 14.3 Å². The first-order valence-electron chi connectivity index (χ1n) is 8.83. The number of hydrogen-bond acceptors (Lipinski definition) is 5. The van der Waals surface area contributed by atoms with Gasteiger partial charge in [-0.15, -0.1) is 0 Å². The normalized spacial score (nSPS) is 12.3. The second kappa shape index (κ2) is 7.30. The molecule has 2 aromatic heterocycles. The van der Waals surface area contributed by atoms with Gasteiger partial charge in [0, 0.05) is 29.3 Å². The number of fused-ring (bicyclic) bond motifs is 3. The van der Waals surface area contributed by atoms with E-state index in [4.69, 9.17) is 9.47 Å². The minimum absolute atomic E-state index is 0.0812. The van der Waals surface area contributed by atoms with Gasteiger partial charge in [-0.1, -0.05) is 6.92 Å².